The number of anilines is 1. The van der Waals surface area contributed by atoms with Gasteiger partial charge in [0, 0.05) is 54.4 Å². The van der Waals surface area contributed by atoms with E-state index < -0.39 is 12.0 Å². The minimum Gasteiger partial charge on any atom is -0.389 e. The number of aliphatic hydroxyl groups is 1. The third-order valence-corrected chi connectivity index (χ3v) is 6.47. The summed E-state index contributed by atoms with van der Waals surface area (Å²) in [7, 11) is 0. The molecule has 3 heterocycles. The van der Waals surface area contributed by atoms with Gasteiger partial charge in [0.2, 0.25) is 5.95 Å². The maximum atomic E-state index is 14.4. The van der Waals surface area contributed by atoms with Crippen LogP contribution in [0, 0.1) is 0 Å². The fourth-order valence-electron chi connectivity index (χ4n) is 3.85. The normalized spacial score (nSPS) is 21.4. The number of benzene rings is 1. The van der Waals surface area contributed by atoms with Crippen LogP contribution >= 0.6 is 11.8 Å². The Bertz CT molecular complexity index is 902. The molecule has 2 aromatic rings. The molecule has 0 radical (unpaired) electrons. The Morgan fingerprint density at radius 3 is 2.93 bits per heavy atom. The van der Waals surface area contributed by atoms with E-state index in [1.807, 2.05) is 6.07 Å². The van der Waals surface area contributed by atoms with Gasteiger partial charge in [-0.1, -0.05) is 12.1 Å². The second kappa shape index (κ2) is 6.39. The molecule has 1 fully saturated rings. The first-order valence-electron chi connectivity index (χ1n) is 9.20. The van der Waals surface area contributed by atoms with E-state index in [2.05, 4.69) is 27.4 Å². The third-order valence-electron chi connectivity index (χ3n) is 5.37. The van der Waals surface area contributed by atoms with Crippen molar-refractivity contribution in [3.63, 3.8) is 0 Å². The first kappa shape index (κ1) is 17.3. The number of aromatic nitrogens is 2. The van der Waals surface area contributed by atoms with Gasteiger partial charge in [0.05, 0.1) is 11.8 Å². The third kappa shape index (κ3) is 2.99. The van der Waals surface area contributed by atoms with Crippen LogP contribution in [0.5, 0.6) is 0 Å². The minimum absolute atomic E-state index is 0.145. The number of halogens is 2. The summed E-state index contributed by atoms with van der Waals surface area (Å²) < 4.78 is 28.9. The summed E-state index contributed by atoms with van der Waals surface area (Å²) in [5.41, 5.74) is 3.11. The fourth-order valence-corrected chi connectivity index (χ4v) is 4.85. The monoisotopic (exact) mass is 390 g/mol. The second-order valence-electron chi connectivity index (χ2n) is 7.31. The van der Waals surface area contributed by atoms with Crippen molar-refractivity contribution >= 4 is 17.7 Å². The van der Waals surface area contributed by atoms with Crippen LogP contribution < -0.4 is 10.2 Å². The lowest BCUT2D eigenvalue weighted by atomic mass is 10.0. The number of hydrogen-bond acceptors (Lipinski definition) is 6. The molecule has 0 amide bonds. The van der Waals surface area contributed by atoms with E-state index >= 15 is 0 Å². The van der Waals surface area contributed by atoms with Crippen molar-refractivity contribution in [2.24, 2.45) is 0 Å². The molecule has 0 atom stereocenters. The Labute approximate surface area is 160 Å². The zero-order valence-corrected chi connectivity index (χ0v) is 15.5. The highest BCUT2D eigenvalue weighted by Gasteiger charge is 2.44. The number of β-amino-alcohol motifs (C(OH)–C–C–N with tert-alkyl or cyclic N) is 1. The minimum atomic E-state index is -2.92. The molecule has 2 aliphatic heterocycles. The highest BCUT2D eigenvalue weighted by Crippen LogP contribution is 2.45. The highest BCUT2D eigenvalue weighted by atomic mass is 32.2. The lowest BCUT2D eigenvalue weighted by Crippen LogP contribution is -2.51. The quantitative estimate of drug-likeness (QED) is 0.822. The van der Waals surface area contributed by atoms with E-state index in [4.69, 9.17) is 0 Å². The van der Waals surface area contributed by atoms with Crippen LogP contribution in [0.25, 0.3) is 11.3 Å². The maximum absolute atomic E-state index is 14.4. The summed E-state index contributed by atoms with van der Waals surface area (Å²) in [6, 6.07) is 6.10. The van der Waals surface area contributed by atoms with Crippen LogP contribution in [-0.4, -0.2) is 46.6 Å². The number of thioether (sulfide) groups is 1. The Balaban J connectivity index is 1.62. The lowest BCUT2D eigenvalue weighted by molar-refractivity contribution is -0.00596. The molecule has 27 heavy (non-hydrogen) atoms. The number of nitrogens with one attached hydrogen (secondary N) is 1. The summed E-state index contributed by atoms with van der Waals surface area (Å²) in [5.74, 6) is -1.65. The molecule has 0 bridgehead atoms. The van der Waals surface area contributed by atoms with Gasteiger partial charge in [0.1, 0.15) is 5.69 Å². The highest BCUT2D eigenvalue weighted by molar-refractivity contribution is 7.99. The van der Waals surface area contributed by atoms with E-state index in [-0.39, 0.29) is 18.5 Å². The molecule has 8 heteroatoms. The number of rotatable bonds is 2. The van der Waals surface area contributed by atoms with E-state index in [0.29, 0.717) is 30.3 Å². The van der Waals surface area contributed by atoms with E-state index in [0.717, 1.165) is 24.4 Å². The van der Waals surface area contributed by atoms with Crippen molar-refractivity contribution in [1.82, 2.24) is 15.3 Å². The molecule has 1 aliphatic carbocycles. The summed E-state index contributed by atoms with van der Waals surface area (Å²) in [6.45, 7) is 2.54. The maximum Gasteiger partial charge on any atom is 0.290 e. The average molecular weight is 390 g/mol. The molecule has 1 aromatic heterocycles. The molecule has 2 N–H and O–H groups in total. The van der Waals surface area contributed by atoms with Crippen LogP contribution in [0.3, 0.4) is 0 Å². The van der Waals surface area contributed by atoms with Gasteiger partial charge in [0.15, 0.2) is 0 Å². The summed E-state index contributed by atoms with van der Waals surface area (Å²) in [6.07, 6.45) is -0.381. The molecular formula is C19H20F2N4OS. The number of fused-ring (bicyclic) bond motifs is 2. The van der Waals surface area contributed by atoms with Gasteiger partial charge in [-0.25, -0.2) is 9.97 Å². The molecule has 5 nitrogen and oxygen atoms in total. The van der Waals surface area contributed by atoms with Gasteiger partial charge in [-0.05, 0) is 18.1 Å². The van der Waals surface area contributed by atoms with Crippen LogP contribution in [0.2, 0.25) is 0 Å². The molecule has 1 saturated heterocycles. The molecule has 142 valence electrons. The first-order chi connectivity index (χ1) is 13.0. The fraction of sp³-hybridized carbons (Fsp3) is 0.474. The van der Waals surface area contributed by atoms with E-state index in [1.165, 1.54) is 10.5 Å². The van der Waals surface area contributed by atoms with Crippen LogP contribution in [0.15, 0.2) is 23.1 Å². The van der Waals surface area contributed by atoms with E-state index in [9.17, 15) is 13.9 Å². The van der Waals surface area contributed by atoms with Gasteiger partial charge in [0.25, 0.3) is 5.92 Å². The van der Waals surface area contributed by atoms with Crippen molar-refractivity contribution in [3.05, 3.63) is 35.0 Å². The number of alkyl halides is 2. The van der Waals surface area contributed by atoms with Gasteiger partial charge >= 0.3 is 0 Å². The Hall–Kier alpha value is -1.77. The van der Waals surface area contributed by atoms with Crippen molar-refractivity contribution in [3.8, 4) is 11.3 Å². The topological polar surface area (TPSA) is 61.3 Å². The summed E-state index contributed by atoms with van der Waals surface area (Å²) in [5, 5.41) is 12.9. The molecule has 0 unspecified atom stereocenters. The second-order valence-corrected chi connectivity index (χ2v) is 8.45. The number of hydrogen-bond donors (Lipinski definition) is 2. The molecule has 0 spiro atoms. The summed E-state index contributed by atoms with van der Waals surface area (Å²) in [4.78, 5) is 11.8. The van der Waals surface area contributed by atoms with Gasteiger partial charge in [-0.3, -0.25) is 0 Å². The van der Waals surface area contributed by atoms with Crippen molar-refractivity contribution in [2.75, 3.05) is 30.3 Å². The average Bonchev–Trinajstić information content (AvgIpc) is 2.81. The smallest absolute Gasteiger partial charge is 0.290 e. The van der Waals surface area contributed by atoms with Crippen molar-refractivity contribution < 1.29 is 13.9 Å². The number of nitrogens with zero attached hydrogens (tertiary/aromatic N) is 3. The van der Waals surface area contributed by atoms with Crippen molar-refractivity contribution in [1.29, 1.82) is 0 Å². The predicted molar refractivity (Wildman–Crippen MR) is 100 cm³/mol. The van der Waals surface area contributed by atoms with Gasteiger partial charge in [-0.15, -0.1) is 11.8 Å². The number of aliphatic hydroxyl groups excluding tert-OH is 1. The zero-order valence-electron chi connectivity index (χ0n) is 14.7. The zero-order chi connectivity index (χ0) is 18.6. The SMILES string of the molecule is OC1CN(c2nc(-c3ccc4c(c3)SCCNC4)c3c(n2)C(F)(F)CC3)C1. The van der Waals surface area contributed by atoms with Crippen LogP contribution in [0.1, 0.15) is 23.2 Å². The molecule has 3 aliphatic rings. The molecule has 1 aromatic carbocycles. The first-order valence-corrected chi connectivity index (χ1v) is 10.2. The Kier molecular flexibility index (Phi) is 4.10. The van der Waals surface area contributed by atoms with Gasteiger partial charge in [-0.2, -0.15) is 8.78 Å². The van der Waals surface area contributed by atoms with Gasteiger partial charge < -0.3 is 15.3 Å². The Morgan fingerprint density at radius 1 is 1.26 bits per heavy atom. The largest absolute Gasteiger partial charge is 0.389 e. The molecule has 5 rings (SSSR count). The van der Waals surface area contributed by atoms with Crippen LogP contribution in [-0.2, 0) is 18.9 Å². The lowest BCUT2D eigenvalue weighted by Gasteiger charge is -2.36. The molecular weight excluding hydrogens is 370 g/mol. The van der Waals surface area contributed by atoms with Crippen LogP contribution in [0.4, 0.5) is 14.7 Å². The summed E-state index contributed by atoms with van der Waals surface area (Å²) >= 11 is 1.78. The standard InChI is InChI=1S/C19H20F2N4OS/c20-19(21)4-3-14-16(23-18(24-17(14)19)25-9-13(26)10-25)11-1-2-12-8-22-5-6-27-15(12)7-11/h1-2,7,13,22,26H,3-6,8-10H2. The van der Waals surface area contributed by atoms with E-state index in [1.54, 1.807) is 16.7 Å². The van der Waals surface area contributed by atoms with Crippen molar-refractivity contribution in [2.45, 2.75) is 36.3 Å². The Morgan fingerprint density at radius 2 is 2.11 bits per heavy atom. The predicted octanol–water partition coefficient (Wildman–Crippen LogP) is 2.56. The molecule has 0 saturated carbocycles.